The smallest absolute Gasteiger partial charge is 0.356 e. The van der Waals surface area contributed by atoms with E-state index in [1.807, 2.05) is 47.0 Å². The minimum absolute atomic E-state index is 0.189. The molecule has 0 fully saturated rings. The molecular formula is C23H32N3O3+. The summed E-state index contributed by atoms with van der Waals surface area (Å²) in [5.41, 5.74) is 8.61. The third kappa shape index (κ3) is 5.21. The van der Waals surface area contributed by atoms with Crippen molar-refractivity contribution < 1.29 is 19.1 Å². The van der Waals surface area contributed by atoms with Crippen LogP contribution >= 0.6 is 0 Å². The van der Waals surface area contributed by atoms with Crippen molar-refractivity contribution in [3.63, 3.8) is 0 Å². The minimum Gasteiger partial charge on any atom is -0.497 e. The van der Waals surface area contributed by atoms with Gasteiger partial charge in [-0.25, -0.2) is 9.13 Å². The highest BCUT2D eigenvalue weighted by atomic mass is 16.5. The number of rotatable bonds is 11. The lowest BCUT2D eigenvalue weighted by atomic mass is 10.2. The lowest BCUT2D eigenvalue weighted by Gasteiger charge is -2.12. The lowest BCUT2D eigenvalue weighted by Crippen LogP contribution is -2.43. The molecule has 0 spiro atoms. The van der Waals surface area contributed by atoms with Gasteiger partial charge in [0.15, 0.2) is 0 Å². The van der Waals surface area contributed by atoms with Crippen LogP contribution in [-0.4, -0.2) is 29.5 Å². The van der Waals surface area contributed by atoms with Crippen LogP contribution in [0.15, 0.2) is 48.5 Å². The fourth-order valence-electron chi connectivity index (χ4n) is 3.56. The van der Waals surface area contributed by atoms with Crippen LogP contribution in [0.2, 0.25) is 0 Å². The number of fused-ring (bicyclic) bond motifs is 1. The summed E-state index contributed by atoms with van der Waals surface area (Å²) in [5.74, 6) is 2.14. The Morgan fingerprint density at radius 1 is 1.03 bits per heavy atom. The van der Waals surface area contributed by atoms with Gasteiger partial charge in [-0.05, 0) is 42.8 Å². The lowest BCUT2D eigenvalue weighted by molar-refractivity contribution is -0.665. The predicted octanol–water partition coefficient (Wildman–Crippen LogP) is 3.54. The van der Waals surface area contributed by atoms with E-state index in [0.717, 1.165) is 29.7 Å². The van der Waals surface area contributed by atoms with Gasteiger partial charge in [-0.3, -0.25) is 5.73 Å². The number of nitrogen functional groups attached to an aromatic ring is 1. The van der Waals surface area contributed by atoms with E-state index in [1.165, 1.54) is 19.3 Å². The summed E-state index contributed by atoms with van der Waals surface area (Å²) in [4.78, 5) is 0. The number of hydrogen-bond acceptors (Lipinski definition) is 4. The monoisotopic (exact) mass is 398 g/mol. The first-order valence-electron chi connectivity index (χ1n) is 10.4. The zero-order chi connectivity index (χ0) is 20.6. The summed E-state index contributed by atoms with van der Waals surface area (Å²) in [6, 6.07) is 15.5. The molecule has 6 nitrogen and oxygen atoms in total. The normalized spacial score (nSPS) is 12.2. The van der Waals surface area contributed by atoms with E-state index in [1.54, 1.807) is 7.11 Å². The van der Waals surface area contributed by atoms with Crippen LogP contribution in [0.5, 0.6) is 11.5 Å². The molecular weight excluding hydrogens is 366 g/mol. The van der Waals surface area contributed by atoms with Crippen LogP contribution in [0.25, 0.3) is 11.0 Å². The number of aromatic nitrogens is 2. The molecule has 1 aromatic heterocycles. The predicted molar refractivity (Wildman–Crippen MR) is 115 cm³/mol. The largest absolute Gasteiger partial charge is 0.497 e. The fourth-order valence-corrected chi connectivity index (χ4v) is 3.56. The Kier molecular flexibility index (Phi) is 7.36. The molecule has 2 aromatic carbocycles. The number of unbranched alkanes of at least 4 members (excludes halogenated alkanes) is 3. The standard InChI is InChI=1S/C23H31N3O3/c1-3-4-5-8-15-25-21-9-6-7-10-22(21)26(23(25)24)16-18(27)17-29-20-13-11-19(28-2)12-14-20/h6-7,9-14,18,24,27H,3-5,8,15-17H2,1-2H3/p+1. The molecule has 0 amide bonds. The number of para-hydroxylation sites is 2. The topological polar surface area (TPSA) is 73.5 Å². The maximum atomic E-state index is 10.6. The molecule has 0 aliphatic rings. The molecule has 0 saturated heterocycles. The van der Waals surface area contributed by atoms with Crippen LogP contribution in [0.1, 0.15) is 32.6 Å². The van der Waals surface area contributed by atoms with Gasteiger partial charge in [0.2, 0.25) is 0 Å². The number of anilines is 1. The van der Waals surface area contributed by atoms with Gasteiger partial charge < -0.3 is 14.6 Å². The number of hydrogen-bond donors (Lipinski definition) is 2. The van der Waals surface area contributed by atoms with Crippen molar-refractivity contribution in [1.29, 1.82) is 0 Å². The molecule has 156 valence electrons. The second kappa shape index (κ2) is 10.2. The Hall–Kier alpha value is -2.73. The van der Waals surface area contributed by atoms with Crippen molar-refractivity contribution in [3.05, 3.63) is 48.5 Å². The highest BCUT2D eigenvalue weighted by molar-refractivity contribution is 5.73. The molecule has 0 saturated carbocycles. The second-order valence-corrected chi connectivity index (χ2v) is 7.31. The third-order valence-electron chi connectivity index (χ3n) is 5.15. The SMILES string of the molecule is CCCCCCn1c(N)[n+](CC(O)COc2ccc(OC)cc2)c2ccccc21. The van der Waals surface area contributed by atoms with E-state index in [0.29, 0.717) is 18.2 Å². The Morgan fingerprint density at radius 3 is 2.48 bits per heavy atom. The van der Waals surface area contributed by atoms with Gasteiger partial charge in [0.25, 0.3) is 0 Å². The molecule has 1 heterocycles. The average Bonchev–Trinajstić information content (AvgIpc) is 3.01. The van der Waals surface area contributed by atoms with Gasteiger partial charge in [-0.15, -0.1) is 0 Å². The summed E-state index contributed by atoms with van der Waals surface area (Å²) >= 11 is 0. The van der Waals surface area contributed by atoms with E-state index in [9.17, 15) is 5.11 Å². The van der Waals surface area contributed by atoms with Crippen molar-refractivity contribution in [2.45, 2.75) is 51.8 Å². The number of benzene rings is 2. The number of nitrogens with zero attached hydrogens (tertiary/aromatic N) is 2. The molecule has 1 unspecified atom stereocenters. The summed E-state index contributed by atoms with van der Waals surface area (Å²) in [6.07, 6.45) is 4.06. The molecule has 3 aromatic rings. The molecule has 1 atom stereocenters. The Balaban J connectivity index is 1.68. The molecule has 3 rings (SSSR count). The number of aryl methyl sites for hydroxylation is 1. The van der Waals surface area contributed by atoms with Crippen molar-refractivity contribution in [2.75, 3.05) is 19.5 Å². The van der Waals surface area contributed by atoms with Gasteiger partial charge >= 0.3 is 5.95 Å². The quantitative estimate of drug-likeness (QED) is 0.383. The van der Waals surface area contributed by atoms with Crippen LogP contribution < -0.4 is 19.8 Å². The van der Waals surface area contributed by atoms with Crippen LogP contribution in [0, 0.1) is 0 Å². The highest BCUT2D eigenvalue weighted by Crippen LogP contribution is 2.19. The van der Waals surface area contributed by atoms with Crippen molar-refractivity contribution in [2.24, 2.45) is 0 Å². The van der Waals surface area contributed by atoms with E-state index >= 15 is 0 Å². The van der Waals surface area contributed by atoms with E-state index in [2.05, 4.69) is 17.6 Å². The van der Waals surface area contributed by atoms with E-state index in [-0.39, 0.29) is 6.61 Å². The zero-order valence-corrected chi connectivity index (χ0v) is 17.4. The fraction of sp³-hybridized carbons (Fsp3) is 0.435. The summed E-state index contributed by atoms with van der Waals surface area (Å²) in [6.45, 7) is 3.67. The van der Waals surface area contributed by atoms with Crippen molar-refractivity contribution >= 4 is 17.0 Å². The van der Waals surface area contributed by atoms with Crippen molar-refractivity contribution in [3.8, 4) is 11.5 Å². The Morgan fingerprint density at radius 2 is 1.76 bits per heavy atom. The molecule has 0 aliphatic carbocycles. The van der Waals surface area contributed by atoms with Gasteiger partial charge in [0.1, 0.15) is 41.8 Å². The Bertz CT molecular complexity index is 906. The highest BCUT2D eigenvalue weighted by Gasteiger charge is 2.22. The van der Waals surface area contributed by atoms with Gasteiger partial charge in [0.05, 0.1) is 13.7 Å². The maximum Gasteiger partial charge on any atom is 0.356 e. The Labute approximate surface area is 172 Å². The van der Waals surface area contributed by atoms with Crippen LogP contribution in [0.4, 0.5) is 5.95 Å². The first kappa shape index (κ1) is 21.0. The maximum absolute atomic E-state index is 10.6. The molecule has 6 heteroatoms. The number of imidazole rings is 1. The summed E-state index contributed by atoms with van der Waals surface area (Å²) in [7, 11) is 1.63. The second-order valence-electron chi connectivity index (χ2n) is 7.31. The zero-order valence-electron chi connectivity index (χ0n) is 17.4. The average molecular weight is 399 g/mol. The molecule has 3 N–H and O–H groups in total. The van der Waals surface area contributed by atoms with Crippen LogP contribution in [-0.2, 0) is 13.1 Å². The van der Waals surface area contributed by atoms with Gasteiger partial charge in [-0.1, -0.05) is 38.3 Å². The first-order chi connectivity index (χ1) is 14.1. The third-order valence-corrected chi connectivity index (χ3v) is 5.15. The first-order valence-corrected chi connectivity index (χ1v) is 10.4. The molecule has 29 heavy (non-hydrogen) atoms. The van der Waals surface area contributed by atoms with Crippen molar-refractivity contribution in [1.82, 2.24) is 4.57 Å². The molecule has 0 aliphatic heterocycles. The number of methoxy groups -OCH3 is 1. The van der Waals surface area contributed by atoms with E-state index < -0.39 is 6.10 Å². The van der Waals surface area contributed by atoms with Gasteiger partial charge in [0, 0.05) is 0 Å². The molecule has 0 bridgehead atoms. The molecule has 0 radical (unpaired) electrons. The number of ether oxygens (including phenoxy) is 2. The summed E-state index contributed by atoms with van der Waals surface area (Å²) in [5, 5.41) is 10.6. The minimum atomic E-state index is -0.677. The summed E-state index contributed by atoms with van der Waals surface area (Å²) < 4.78 is 15.0. The van der Waals surface area contributed by atoms with Crippen LogP contribution in [0.3, 0.4) is 0 Å². The number of nitrogens with two attached hydrogens (primary N) is 1. The van der Waals surface area contributed by atoms with E-state index in [4.69, 9.17) is 15.2 Å². The number of aliphatic hydroxyl groups is 1. The number of aliphatic hydroxyl groups excluding tert-OH is 1. The van der Waals surface area contributed by atoms with Gasteiger partial charge in [-0.2, -0.15) is 0 Å².